The van der Waals surface area contributed by atoms with Crippen LogP contribution in [0.2, 0.25) is 0 Å². The average Bonchev–Trinajstić information content (AvgIpc) is 2.23. The lowest BCUT2D eigenvalue weighted by Crippen LogP contribution is -2.13. The Kier molecular flexibility index (Phi) is 2.12. The second kappa shape index (κ2) is 3.34. The zero-order chi connectivity index (χ0) is 11.9. The number of hydrogen-bond donors (Lipinski definition) is 2. The van der Waals surface area contributed by atoms with Crippen molar-refractivity contribution in [2.75, 3.05) is 0 Å². The van der Waals surface area contributed by atoms with Gasteiger partial charge < -0.3 is 14.6 Å². The van der Waals surface area contributed by atoms with Crippen LogP contribution in [0, 0.1) is 5.82 Å². The molecule has 0 saturated heterocycles. The number of halogens is 1. The Morgan fingerprint density at radius 2 is 2.06 bits per heavy atom. The number of aromatic carboxylic acids is 1. The number of hydrogen-bond acceptors (Lipinski definition) is 4. The van der Waals surface area contributed by atoms with Crippen LogP contribution < -0.4 is 5.63 Å². The third kappa shape index (κ3) is 1.40. The summed E-state index contributed by atoms with van der Waals surface area (Å²) in [5.41, 5.74) is -2.21. The third-order valence-corrected chi connectivity index (χ3v) is 2.05. The van der Waals surface area contributed by atoms with Crippen LogP contribution in [0.15, 0.2) is 27.4 Å². The van der Waals surface area contributed by atoms with E-state index in [-0.39, 0.29) is 5.39 Å². The van der Waals surface area contributed by atoms with Crippen molar-refractivity contribution >= 4 is 16.9 Å². The van der Waals surface area contributed by atoms with Gasteiger partial charge in [0.15, 0.2) is 11.3 Å². The number of carboxylic acid groups (broad SMARTS) is 1. The van der Waals surface area contributed by atoms with E-state index in [1.54, 1.807) is 0 Å². The zero-order valence-electron chi connectivity index (χ0n) is 7.73. The molecule has 0 saturated carbocycles. The summed E-state index contributed by atoms with van der Waals surface area (Å²) in [5.74, 6) is -3.21. The minimum Gasteiger partial charge on any atom is -0.505 e. The molecule has 0 fully saturated rings. The zero-order valence-corrected chi connectivity index (χ0v) is 7.73. The van der Waals surface area contributed by atoms with E-state index in [4.69, 9.17) is 10.2 Å². The topological polar surface area (TPSA) is 87.7 Å². The lowest BCUT2D eigenvalue weighted by Gasteiger charge is -2.00. The number of aromatic hydroxyl groups is 1. The normalized spacial score (nSPS) is 10.6. The molecule has 2 rings (SSSR count). The van der Waals surface area contributed by atoms with Gasteiger partial charge in [-0.3, -0.25) is 0 Å². The van der Waals surface area contributed by atoms with Crippen molar-refractivity contribution in [1.29, 1.82) is 0 Å². The van der Waals surface area contributed by atoms with Crippen molar-refractivity contribution in [3.05, 3.63) is 40.0 Å². The van der Waals surface area contributed by atoms with Gasteiger partial charge in [-0.25, -0.2) is 9.59 Å². The number of phenolic OH excluding ortho intramolecular Hbond substituents is 1. The number of phenols is 1. The van der Waals surface area contributed by atoms with Crippen LogP contribution in [0.1, 0.15) is 10.4 Å². The second-order valence-corrected chi connectivity index (χ2v) is 3.07. The molecule has 0 aliphatic carbocycles. The third-order valence-electron chi connectivity index (χ3n) is 2.05. The smallest absolute Gasteiger partial charge is 0.351 e. The molecule has 0 spiro atoms. The van der Waals surface area contributed by atoms with Crippen LogP contribution in [0.3, 0.4) is 0 Å². The van der Waals surface area contributed by atoms with E-state index in [2.05, 4.69) is 4.42 Å². The minimum absolute atomic E-state index is 0.0901. The molecule has 0 radical (unpaired) electrons. The van der Waals surface area contributed by atoms with Gasteiger partial charge in [0.25, 0.3) is 0 Å². The van der Waals surface area contributed by atoms with Gasteiger partial charge in [0.1, 0.15) is 5.56 Å². The highest BCUT2D eigenvalue weighted by molar-refractivity contribution is 5.91. The van der Waals surface area contributed by atoms with E-state index in [0.29, 0.717) is 0 Å². The Bertz CT molecular complexity index is 643. The van der Waals surface area contributed by atoms with E-state index in [1.165, 1.54) is 6.07 Å². The van der Waals surface area contributed by atoms with Gasteiger partial charge in [0, 0.05) is 5.39 Å². The molecule has 0 unspecified atom stereocenters. The molecule has 0 aliphatic heterocycles. The first-order valence-electron chi connectivity index (χ1n) is 4.19. The van der Waals surface area contributed by atoms with Gasteiger partial charge >= 0.3 is 11.6 Å². The molecule has 1 heterocycles. The largest absolute Gasteiger partial charge is 0.505 e. The highest BCUT2D eigenvalue weighted by Crippen LogP contribution is 2.24. The van der Waals surface area contributed by atoms with E-state index in [9.17, 15) is 14.0 Å². The summed E-state index contributed by atoms with van der Waals surface area (Å²) in [7, 11) is 0. The number of fused-ring (bicyclic) bond motifs is 1. The van der Waals surface area contributed by atoms with Crippen molar-refractivity contribution < 1.29 is 23.8 Å². The molecule has 0 amide bonds. The van der Waals surface area contributed by atoms with Gasteiger partial charge in [-0.1, -0.05) is 0 Å². The quantitative estimate of drug-likeness (QED) is 0.713. The molecule has 6 heteroatoms. The van der Waals surface area contributed by atoms with Crippen LogP contribution in [-0.2, 0) is 0 Å². The Labute approximate surface area is 87.4 Å². The molecule has 82 valence electrons. The van der Waals surface area contributed by atoms with E-state index in [1.807, 2.05) is 0 Å². The van der Waals surface area contributed by atoms with Crippen molar-refractivity contribution in [2.24, 2.45) is 0 Å². The summed E-state index contributed by atoms with van der Waals surface area (Å²) in [4.78, 5) is 21.8. The average molecular weight is 224 g/mol. The molecule has 2 N–H and O–H groups in total. The fraction of sp³-hybridized carbons (Fsp3) is 0. The number of rotatable bonds is 1. The van der Waals surface area contributed by atoms with Crippen molar-refractivity contribution in [3.8, 4) is 5.75 Å². The van der Waals surface area contributed by atoms with Gasteiger partial charge in [0.2, 0.25) is 5.82 Å². The maximum Gasteiger partial charge on any atom is 0.351 e. The fourth-order valence-corrected chi connectivity index (χ4v) is 1.29. The monoisotopic (exact) mass is 224 g/mol. The van der Waals surface area contributed by atoms with Gasteiger partial charge in [-0.2, -0.15) is 4.39 Å². The van der Waals surface area contributed by atoms with E-state index in [0.717, 1.165) is 12.1 Å². The first-order chi connectivity index (χ1) is 7.50. The molecular weight excluding hydrogens is 219 g/mol. The van der Waals surface area contributed by atoms with E-state index < -0.39 is 34.3 Å². The highest BCUT2D eigenvalue weighted by atomic mass is 19.1. The van der Waals surface area contributed by atoms with Crippen LogP contribution in [0.4, 0.5) is 4.39 Å². The first kappa shape index (κ1) is 10.2. The lowest BCUT2D eigenvalue weighted by atomic mass is 10.2. The summed E-state index contributed by atoms with van der Waals surface area (Å²) in [6.45, 7) is 0. The SMILES string of the molecule is O=C(O)c1cc2ccc(O)c(F)c2oc1=O. The number of carboxylic acids is 1. The van der Waals surface area contributed by atoms with Crippen LogP contribution >= 0.6 is 0 Å². The molecule has 0 bridgehead atoms. The Morgan fingerprint density at radius 3 is 2.69 bits per heavy atom. The van der Waals surface area contributed by atoms with E-state index >= 15 is 0 Å². The molecule has 1 aromatic carbocycles. The molecule has 2 aromatic rings. The summed E-state index contributed by atoms with van der Waals surface area (Å²) in [6, 6.07) is 3.29. The van der Waals surface area contributed by atoms with Crippen molar-refractivity contribution in [3.63, 3.8) is 0 Å². The predicted octanol–water partition coefficient (Wildman–Crippen LogP) is 1.34. The van der Waals surface area contributed by atoms with Gasteiger partial charge in [0.05, 0.1) is 0 Å². The van der Waals surface area contributed by atoms with Crippen LogP contribution in [0.5, 0.6) is 5.75 Å². The summed E-state index contributed by atoms with van der Waals surface area (Å²) < 4.78 is 17.8. The Morgan fingerprint density at radius 1 is 1.38 bits per heavy atom. The number of benzene rings is 1. The highest BCUT2D eigenvalue weighted by Gasteiger charge is 2.15. The van der Waals surface area contributed by atoms with Gasteiger partial charge in [-0.05, 0) is 18.2 Å². The van der Waals surface area contributed by atoms with Crippen LogP contribution in [-0.4, -0.2) is 16.2 Å². The molecule has 1 aromatic heterocycles. The minimum atomic E-state index is -1.45. The van der Waals surface area contributed by atoms with Crippen LogP contribution in [0.25, 0.3) is 11.0 Å². The summed E-state index contributed by atoms with van der Waals surface area (Å²) >= 11 is 0. The standard InChI is InChI=1S/C10H5FO5/c11-7-6(12)2-1-4-3-5(9(13)14)10(15)16-8(4)7/h1-3,12H,(H,13,14). The summed E-state index contributed by atoms with van der Waals surface area (Å²) in [6.07, 6.45) is 0. The predicted molar refractivity (Wildman–Crippen MR) is 51.1 cm³/mol. The number of carbonyl (C=O) groups is 1. The second-order valence-electron chi connectivity index (χ2n) is 3.07. The maximum atomic E-state index is 13.3. The molecule has 5 nitrogen and oxygen atoms in total. The fourth-order valence-electron chi connectivity index (χ4n) is 1.29. The summed E-state index contributed by atoms with van der Waals surface area (Å²) in [5, 5.41) is 17.8. The Hall–Kier alpha value is -2.37. The van der Waals surface area contributed by atoms with Crippen molar-refractivity contribution in [2.45, 2.75) is 0 Å². The molecule has 0 aliphatic rings. The first-order valence-corrected chi connectivity index (χ1v) is 4.19. The van der Waals surface area contributed by atoms with Crippen molar-refractivity contribution in [1.82, 2.24) is 0 Å². The van der Waals surface area contributed by atoms with Gasteiger partial charge in [-0.15, -0.1) is 0 Å². The maximum absolute atomic E-state index is 13.3. The lowest BCUT2D eigenvalue weighted by molar-refractivity contribution is 0.0692. The molecular formula is C10H5FO5. The molecule has 0 atom stereocenters. The Balaban J connectivity index is 2.89. The molecule has 16 heavy (non-hydrogen) atoms.